The van der Waals surface area contributed by atoms with E-state index < -0.39 is 5.38 Å². The van der Waals surface area contributed by atoms with Crippen molar-refractivity contribution in [3.05, 3.63) is 23.8 Å². The number of hydrogen-bond acceptors (Lipinski definition) is 3. The number of carbonyl (C=O) groups excluding carboxylic acids is 1. The number of ketones is 1. The zero-order valence-corrected chi connectivity index (χ0v) is 11.8. The summed E-state index contributed by atoms with van der Waals surface area (Å²) in [4.78, 5) is 11.2. The van der Waals surface area contributed by atoms with Gasteiger partial charge in [0.25, 0.3) is 0 Å². The second-order valence-electron chi connectivity index (χ2n) is 4.08. The first-order valence-electron chi connectivity index (χ1n) is 6.03. The molecule has 0 aliphatic heterocycles. The summed E-state index contributed by atoms with van der Waals surface area (Å²) in [5, 5.41) is -0.527. The molecule has 0 N–H and O–H groups in total. The number of ether oxygens (including phenoxy) is 2. The Morgan fingerprint density at radius 3 is 2.72 bits per heavy atom. The van der Waals surface area contributed by atoms with Crippen molar-refractivity contribution >= 4 is 17.4 Å². The van der Waals surface area contributed by atoms with Gasteiger partial charge in [0, 0.05) is 0 Å². The van der Waals surface area contributed by atoms with E-state index in [0.717, 1.165) is 12.0 Å². The molecule has 3 nitrogen and oxygen atoms in total. The molecule has 4 heteroatoms. The molecule has 18 heavy (non-hydrogen) atoms. The highest BCUT2D eigenvalue weighted by molar-refractivity contribution is 6.30. The van der Waals surface area contributed by atoms with Gasteiger partial charge in [-0.05, 0) is 31.4 Å². The zero-order valence-electron chi connectivity index (χ0n) is 11.0. The SMILES string of the molecule is CCCOc1c(CC(Cl)C(C)=O)cccc1OC. The molecule has 1 aromatic carbocycles. The molecule has 100 valence electrons. The molecule has 0 saturated heterocycles. The van der Waals surface area contributed by atoms with Crippen molar-refractivity contribution in [1.82, 2.24) is 0 Å². The Morgan fingerprint density at radius 2 is 2.17 bits per heavy atom. The van der Waals surface area contributed by atoms with E-state index in [1.807, 2.05) is 25.1 Å². The van der Waals surface area contributed by atoms with Gasteiger partial charge in [-0.1, -0.05) is 19.1 Å². The zero-order chi connectivity index (χ0) is 13.5. The lowest BCUT2D eigenvalue weighted by atomic mass is 10.1. The minimum Gasteiger partial charge on any atom is -0.493 e. The van der Waals surface area contributed by atoms with Gasteiger partial charge >= 0.3 is 0 Å². The van der Waals surface area contributed by atoms with Crippen LogP contribution < -0.4 is 9.47 Å². The van der Waals surface area contributed by atoms with Gasteiger partial charge in [0.05, 0.1) is 19.1 Å². The number of para-hydroxylation sites is 1. The summed E-state index contributed by atoms with van der Waals surface area (Å²) in [6.07, 6.45) is 1.36. The van der Waals surface area contributed by atoms with E-state index in [1.54, 1.807) is 7.11 Å². The third-order valence-electron chi connectivity index (χ3n) is 2.57. The van der Waals surface area contributed by atoms with Gasteiger partial charge in [0.15, 0.2) is 11.5 Å². The average Bonchev–Trinajstić information content (AvgIpc) is 2.36. The van der Waals surface area contributed by atoms with Crippen LogP contribution in [-0.4, -0.2) is 24.9 Å². The molecular weight excluding hydrogens is 252 g/mol. The van der Waals surface area contributed by atoms with Crippen LogP contribution in [0.1, 0.15) is 25.8 Å². The van der Waals surface area contributed by atoms with Crippen LogP contribution in [0.2, 0.25) is 0 Å². The first kappa shape index (κ1) is 14.8. The number of rotatable bonds is 7. The monoisotopic (exact) mass is 270 g/mol. The molecule has 0 amide bonds. The number of Topliss-reactive ketones (excluding diaryl/α,β-unsaturated/α-hetero) is 1. The lowest BCUT2D eigenvalue weighted by molar-refractivity contribution is -0.116. The van der Waals surface area contributed by atoms with Crippen LogP contribution in [0.15, 0.2) is 18.2 Å². The van der Waals surface area contributed by atoms with Crippen LogP contribution in [0.4, 0.5) is 0 Å². The molecule has 0 bridgehead atoms. The van der Waals surface area contributed by atoms with Crippen LogP contribution in [0.5, 0.6) is 11.5 Å². The first-order chi connectivity index (χ1) is 8.60. The number of hydrogen-bond donors (Lipinski definition) is 0. The fourth-order valence-corrected chi connectivity index (χ4v) is 1.75. The Balaban J connectivity index is 2.97. The van der Waals surface area contributed by atoms with Crippen molar-refractivity contribution in [1.29, 1.82) is 0 Å². The van der Waals surface area contributed by atoms with Gasteiger partial charge in [0.1, 0.15) is 5.78 Å². The van der Waals surface area contributed by atoms with Gasteiger partial charge in [-0.25, -0.2) is 0 Å². The Morgan fingerprint density at radius 1 is 1.44 bits per heavy atom. The Labute approximate surface area is 113 Å². The van der Waals surface area contributed by atoms with E-state index in [-0.39, 0.29) is 5.78 Å². The number of carbonyl (C=O) groups is 1. The minimum absolute atomic E-state index is 0.0408. The molecule has 0 aliphatic carbocycles. The molecule has 1 aromatic rings. The van der Waals surface area contributed by atoms with Crippen molar-refractivity contribution in [2.75, 3.05) is 13.7 Å². The lowest BCUT2D eigenvalue weighted by Gasteiger charge is -2.15. The summed E-state index contributed by atoms with van der Waals surface area (Å²) < 4.78 is 11.0. The van der Waals surface area contributed by atoms with Gasteiger partial charge in [-0.2, -0.15) is 0 Å². The highest BCUT2D eigenvalue weighted by atomic mass is 35.5. The van der Waals surface area contributed by atoms with E-state index in [0.29, 0.717) is 24.5 Å². The van der Waals surface area contributed by atoms with E-state index >= 15 is 0 Å². The van der Waals surface area contributed by atoms with Gasteiger partial charge < -0.3 is 9.47 Å². The quantitative estimate of drug-likeness (QED) is 0.714. The van der Waals surface area contributed by atoms with Crippen LogP contribution in [-0.2, 0) is 11.2 Å². The molecule has 1 atom stereocenters. The fraction of sp³-hybridized carbons (Fsp3) is 0.500. The van der Waals surface area contributed by atoms with Crippen molar-refractivity contribution in [2.24, 2.45) is 0 Å². The molecular formula is C14H19ClO3. The summed E-state index contributed by atoms with van der Waals surface area (Å²) in [6.45, 7) is 4.14. The number of benzene rings is 1. The Hall–Kier alpha value is -1.22. The third-order valence-corrected chi connectivity index (χ3v) is 3.03. The summed E-state index contributed by atoms with van der Waals surface area (Å²) >= 11 is 6.01. The summed E-state index contributed by atoms with van der Waals surface area (Å²) in [6, 6.07) is 5.62. The molecule has 0 aromatic heterocycles. The standard InChI is InChI=1S/C14H19ClO3/c1-4-8-18-14-11(9-12(15)10(2)16)6-5-7-13(14)17-3/h5-7,12H,4,8-9H2,1-3H3. The minimum atomic E-state index is -0.527. The van der Waals surface area contributed by atoms with Crippen molar-refractivity contribution in [3.63, 3.8) is 0 Å². The van der Waals surface area contributed by atoms with Gasteiger partial charge in [-0.15, -0.1) is 11.6 Å². The number of halogens is 1. The molecule has 0 heterocycles. The second kappa shape index (κ2) is 7.27. The lowest BCUT2D eigenvalue weighted by Crippen LogP contribution is -2.14. The number of alkyl halides is 1. The normalized spacial score (nSPS) is 12.0. The van der Waals surface area contributed by atoms with Crippen LogP contribution in [0.3, 0.4) is 0 Å². The molecule has 0 fully saturated rings. The molecule has 0 radical (unpaired) electrons. The third kappa shape index (κ3) is 3.91. The summed E-state index contributed by atoms with van der Waals surface area (Å²) in [7, 11) is 1.60. The first-order valence-corrected chi connectivity index (χ1v) is 6.47. The topological polar surface area (TPSA) is 35.5 Å². The molecule has 1 unspecified atom stereocenters. The maximum absolute atomic E-state index is 11.2. The predicted octanol–water partition coefficient (Wildman–Crippen LogP) is 3.22. The largest absolute Gasteiger partial charge is 0.493 e. The van der Waals surface area contributed by atoms with E-state index in [9.17, 15) is 4.79 Å². The highest BCUT2D eigenvalue weighted by Crippen LogP contribution is 2.32. The highest BCUT2D eigenvalue weighted by Gasteiger charge is 2.17. The maximum atomic E-state index is 11.2. The predicted molar refractivity (Wildman–Crippen MR) is 72.8 cm³/mol. The fourth-order valence-electron chi connectivity index (χ4n) is 1.59. The second-order valence-corrected chi connectivity index (χ2v) is 4.61. The molecule has 0 spiro atoms. The Bertz CT molecular complexity index is 404. The maximum Gasteiger partial charge on any atom is 0.164 e. The van der Waals surface area contributed by atoms with Gasteiger partial charge in [0.2, 0.25) is 0 Å². The van der Waals surface area contributed by atoms with Crippen LogP contribution in [0, 0.1) is 0 Å². The molecule has 0 saturated carbocycles. The average molecular weight is 271 g/mol. The van der Waals surface area contributed by atoms with E-state index in [1.165, 1.54) is 6.92 Å². The summed E-state index contributed by atoms with van der Waals surface area (Å²) in [5.74, 6) is 1.32. The number of methoxy groups -OCH3 is 1. The van der Waals surface area contributed by atoms with Crippen LogP contribution in [0.25, 0.3) is 0 Å². The molecule has 1 rings (SSSR count). The van der Waals surface area contributed by atoms with E-state index in [4.69, 9.17) is 21.1 Å². The Kier molecular flexibility index (Phi) is 5.99. The smallest absolute Gasteiger partial charge is 0.164 e. The van der Waals surface area contributed by atoms with Crippen molar-refractivity contribution in [2.45, 2.75) is 32.1 Å². The van der Waals surface area contributed by atoms with Crippen LogP contribution >= 0.6 is 11.6 Å². The van der Waals surface area contributed by atoms with Crippen molar-refractivity contribution < 1.29 is 14.3 Å². The van der Waals surface area contributed by atoms with E-state index in [2.05, 4.69) is 0 Å². The van der Waals surface area contributed by atoms with Gasteiger partial charge in [-0.3, -0.25) is 4.79 Å². The summed E-state index contributed by atoms with van der Waals surface area (Å²) in [5.41, 5.74) is 0.901. The molecule has 0 aliphatic rings. The van der Waals surface area contributed by atoms with Crippen molar-refractivity contribution in [3.8, 4) is 11.5 Å².